The largest absolute Gasteiger partial charge is 0.337 e. The van der Waals surface area contributed by atoms with Gasteiger partial charge >= 0.3 is 0 Å². The van der Waals surface area contributed by atoms with Crippen molar-refractivity contribution in [3.63, 3.8) is 0 Å². The van der Waals surface area contributed by atoms with E-state index in [4.69, 9.17) is 0 Å². The zero-order valence-electron chi connectivity index (χ0n) is 14.2. The molecule has 2 aliphatic heterocycles. The number of hydrogen-bond donors (Lipinski definition) is 0. The minimum absolute atomic E-state index is 0.244. The number of imidazole rings is 1. The number of carbonyl (C=O) groups is 1. The first-order chi connectivity index (χ1) is 11.8. The Hall–Kier alpha value is -2.29. The van der Waals surface area contributed by atoms with Crippen LogP contribution < -0.4 is 0 Å². The van der Waals surface area contributed by atoms with Crippen molar-refractivity contribution in [2.45, 2.75) is 24.9 Å². The van der Waals surface area contributed by atoms with Gasteiger partial charge in [0.1, 0.15) is 0 Å². The summed E-state index contributed by atoms with van der Waals surface area (Å²) in [6, 6.07) is 0. The van der Waals surface area contributed by atoms with Crippen LogP contribution in [0.2, 0.25) is 0 Å². The minimum atomic E-state index is -2.75. The molecule has 0 spiro atoms. The quantitative estimate of drug-likeness (QED) is 0.819. The molecule has 7 nitrogen and oxygen atoms in total. The molecule has 25 heavy (non-hydrogen) atoms. The maximum absolute atomic E-state index is 13.2. The van der Waals surface area contributed by atoms with Crippen LogP contribution in [-0.2, 0) is 32.0 Å². The Balaban J connectivity index is 1.56. The number of halogens is 2. The first kappa shape index (κ1) is 16.2. The first-order valence-corrected chi connectivity index (χ1v) is 8.19. The van der Waals surface area contributed by atoms with Crippen molar-refractivity contribution in [2.24, 2.45) is 14.1 Å². The highest BCUT2D eigenvalue weighted by Crippen LogP contribution is 2.34. The predicted octanol–water partition coefficient (Wildman–Crippen LogP) is 0.730. The third kappa shape index (κ3) is 2.92. The average Bonchev–Trinajstić information content (AvgIpc) is 3.10. The van der Waals surface area contributed by atoms with Gasteiger partial charge in [0.05, 0.1) is 42.9 Å². The van der Waals surface area contributed by atoms with E-state index >= 15 is 0 Å². The number of amides is 1. The maximum atomic E-state index is 13.2. The van der Waals surface area contributed by atoms with E-state index in [1.807, 2.05) is 24.9 Å². The summed E-state index contributed by atoms with van der Waals surface area (Å²) in [4.78, 5) is 20.6. The van der Waals surface area contributed by atoms with E-state index in [9.17, 15) is 13.6 Å². The number of hydrogen-bond acceptors (Lipinski definition) is 4. The van der Waals surface area contributed by atoms with Crippen LogP contribution in [0.5, 0.6) is 0 Å². The maximum Gasteiger partial charge on any atom is 0.282 e. The van der Waals surface area contributed by atoms with Crippen molar-refractivity contribution in [1.82, 2.24) is 29.1 Å². The van der Waals surface area contributed by atoms with Gasteiger partial charge in [0.25, 0.3) is 5.92 Å². The normalized spacial score (nSPS) is 22.6. The molecular weight excluding hydrogens is 330 g/mol. The Labute approximate surface area is 143 Å². The molecule has 2 aromatic heterocycles. The van der Waals surface area contributed by atoms with Crippen LogP contribution in [-0.4, -0.2) is 60.6 Å². The Bertz CT molecular complexity index is 805. The topological polar surface area (TPSA) is 59.2 Å². The standard InChI is InChI=1S/C16H20F2N6O/c1-21-10-19-13-7-23(5-11-3-20-22(2)4-11)6-12(14(13)21)15(25)24-8-16(17,18)9-24/h3-4,10,12H,5-9H2,1-2H3. The second-order valence-electron chi connectivity index (χ2n) is 6.98. The van der Waals surface area contributed by atoms with Gasteiger partial charge in [0.2, 0.25) is 5.91 Å². The van der Waals surface area contributed by atoms with Crippen LogP contribution in [0.25, 0.3) is 0 Å². The summed E-state index contributed by atoms with van der Waals surface area (Å²) in [5.74, 6) is -3.47. The molecule has 2 aliphatic rings. The number of rotatable bonds is 3. The number of likely N-dealkylation sites (tertiary alicyclic amines) is 1. The predicted molar refractivity (Wildman–Crippen MR) is 84.8 cm³/mol. The number of fused-ring (bicyclic) bond motifs is 1. The van der Waals surface area contributed by atoms with E-state index in [2.05, 4.69) is 15.0 Å². The lowest BCUT2D eigenvalue weighted by Crippen LogP contribution is -2.60. The molecule has 1 atom stereocenters. The van der Waals surface area contributed by atoms with Crippen molar-refractivity contribution in [3.05, 3.63) is 35.7 Å². The molecule has 1 saturated heterocycles. The summed E-state index contributed by atoms with van der Waals surface area (Å²) in [7, 11) is 3.69. The van der Waals surface area contributed by atoms with Crippen molar-refractivity contribution in [1.29, 1.82) is 0 Å². The summed E-state index contributed by atoms with van der Waals surface area (Å²) in [5, 5.41) is 4.16. The number of aromatic nitrogens is 4. The molecular formula is C16H20F2N6O. The average molecular weight is 350 g/mol. The van der Waals surface area contributed by atoms with Gasteiger partial charge in [0.15, 0.2) is 0 Å². The van der Waals surface area contributed by atoms with Crippen LogP contribution in [0.4, 0.5) is 8.78 Å². The Morgan fingerprint density at radius 3 is 2.76 bits per heavy atom. The molecule has 0 radical (unpaired) electrons. The Kier molecular flexibility index (Phi) is 3.64. The van der Waals surface area contributed by atoms with Gasteiger partial charge in [-0.15, -0.1) is 0 Å². The number of alkyl halides is 2. The molecule has 4 heterocycles. The van der Waals surface area contributed by atoms with Crippen LogP contribution in [0.3, 0.4) is 0 Å². The Morgan fingerprint density at radius 2 is 2.12 bits per heavy atom. The molecule has 0 saturated carbocycles. The zero-order valence-corrected chi connectivity index (χ0v) is 14.2. The van der Waals surface area contributed by atoms with Crippen molar-refractivity contribution < 1.29 is 13.6 Å². The van der Waals surface area contributed by atoms with Crippen LogP contribution in [0, 0.1) is 0 Å². The molecule has 0 N–H and O–H groups in total. The fraction of sp³-hybridized carbons (Fsp3) is 0.562. The molecule has 0 aliphatic carbocycles. The van der Waals surface area contributed by atoms with E-state index in [0.29, 0.717) is 19.6 Å². The van der Waals surface area contributed by atoms with Gasteiger partial charge in [-0.3, -0.25) is 14.4 Å². The van der Waals surface area contributed by atoms with Crippen LogP contribution >= 0.6 is 0 Å². The third-order valence-corrected chi connectivity index (χ3v) is 4.83. The summed E-state index contributed by atoms with van der Waals surface area (Å²) in [5.41, 5.74) is 2.72. The monoisotopic (exact) mass is 350 g/mol. The van der Waals surface area contributed by atoms with E-state index in [0.717, 1.165) is 17.0 Å². The van der Waals surface area contributed by atoms with Gasteiger partial charge in [0, 0.05) is 45.5 Å². The van der Waals surface area contributed by atoms with E-state index < -0.39 is 24.9 Å². The molecule has 0 aromatic carbocycles. The number of nitrogens with zero attached hydrogens (tertiary/aromatic N) is 6. The lowest BCUT2D eigenvalue weighted by molar-refractivity contribution is -0.168. The second kappa shape index (κ2) is 5.62. The summed E-state index contributed by atoms with van der Waals surface area (Å²) >= 11 is 0. The van der Waals surface area contributed by atoms with E-state index in [-0.39, 0.29) is 5.91 Å². The summed E-state index contributed by atoms with van der Waals surface area (Å²) < 4.78 is 29.9. The van der Waals surface area contributed by atoms with Gasteiger partial charge in [-0.1, -0.05) is 0 Å². The molecule has 9 heteroatoms. The SMILES string of the molecule is Cn1cc(CN2Cc3ncn(C)c3C(C(=O)N3CC(F)(F)C3)C2)cn1. The second-order valence-corrected chi connectivity index (χ2v) is 6.98. The fourth-order valence-corrected chi connectivity index (χ4v) is 3.69. The molecule has 1 fully saturated rings. The highest BCUT2D eigenvalue weighted by molar-refractivity contribution is 5.85. The molecule has 1 unspecified atom stereocenters. The smallest absolute Gasteiger partial charge is 0.282 e. The van der Waals surface area contributed by atoms with Gasteiger partial charge < -0.3 is 9.47 Å². The van der Waals surface area contributed by atoms with Crippen LogP contribution in [0.15, 0.2) is 18.7 Å². The molecule has 0 bridgehead atoms. The number of aryl methyl sites for hydroxylation is 2. The highest BCUT2D eigenvalue weighted by Gasteiger charge is 2.49. The summed E-state index contributed by atoms with van der Waals surface area (Å²) in [6.45, 7) is 0.785. The van der Waals surface area contributed by atoms with Crippen LogP contribution in [0.1, 0.15) is 22.9 Å². The fourth-order valence-electron chi connectivity index (χ4n) is 3.69. The lowest BCUT2D eigenvalue weighted by atomic mass is 9.94. The summed E-state index contributed by atoms with van der Waals surface area (Å²) in [6.07, 6.45) is 5.41. The molecule has 2 aromatic rings. The van der Waals surface area contributed by atoms with E-state index in [1.54, 1.807) is 17.2 Å². The Morgan fingerprint density at radius 1 is 1.36 bits per heavy atom. The lowest BCUT2D eigenvalue weighted by Gasteiger charge is -2.42. The van der Waals surface area contributed by atoms with Crippen molar-refractivity contribution in [2.75, 3.05) is 19.6 Å². The first-order valence-electron chi connectivity index (χ1n) is 8.19. The third-order valence-electron chi connectivity index (χ3n) is 4.83. The van der Waals surface area contributed by atoms with E-state index in [1.165, 1.54) is 4.90 Å². The number of carbonyl (C=O) groups excluding carboxylic acids is 1. The molecule has 1 amide bonds. The van der Waals surface area contributed by atoms with Crippen molar-refractivity contribution in [3.8, 4) is 0 Å². The van der Waals surface area contributed by atoms with Gasteiger partial charge in [-0.05, 0) is 0 Å². The van der Waals surface area contributed by atoms with Gasteiger partial charge in [-0.25, -0.2) is 13.8 Å². The van der Waals surface area contributed by atoms with Gasteiger partial charge in [-0.2, -0.15) is 5.10 Å². The molecule has 134 valence electrons. The molecule has 4 rings (SSSR count). The highest BCUT2D eigenvalue weighted by atomic mass is 19.3. The minimum Gasteiger partial charge on any atom is -0.337 e. The van der Waals surface area contributed by atoms with Crippen molar-refractivity contribution >= 4 is 5.91 Å². The zero-order chi connectivity index (χ0) is 17.8.